The minimum atomic E-state index is -2.98. The second kappa shape index (κ2) is 5.11. The Kier molecular flexibility index (Phi) is 4.08. The normalized spacial score (nSPS) is 12.0. The molecule has 5 nitrogen and oxygen atoms in total. The molecular formula is C9H12O5Se. The third-order valence-electron chi connectivity index (χ3n) is 1.84. The number of rotatable bonds is 4. The summed E-state index contributed by atoms with van der Waals surface area (Å²) in [4.78, 5) is 0. The van der Waals surface area contributed by atoms with Crippen LogP contribution < -0.4 is 18.7 Å². The summed E-state index contributed by atoms with van der Waals surface area (Å²) in [5.74, 6) is 1.17. The minimum absolute atomic E-state index is 0.296. The van der Waals surface area contributed by atoms with Crippen LogP contribution in [0.2, 0.25) is 0 Å². The van der Waals surface area contributed by atoms with Gasteiger partial charge in [-0.15, -0.1) is 0 Å². The van der Waals surface area contributed by atoms with Crippen LogP contribution in [0.25, 0.3) is 0 Å². The zero-order chi connectivity index (χ0) is 11.4. The Bertz CT molecular complexity index is 352. The van der Waals surface area contributed by atoms with E-state index in [9.17, 15) is 3.83 Å². The predicted octanol–water partition coefficient (Wildman–Crippen LogP) is -0.170. The first-order valence-corrected chi connectivity index (χ1v) is 6.37. The molecule has 84 valence electrons. The predicted molar refractivity (Wildman–Crippen MR) is 54.4 cm³/mol. The molecule has 1 N–H and O–H groups in total. The Balaban J connectivity index is 3.35. The van der Waals surface area contributed by atoms with E-state index in [1.165, 1.54) is 33.5 Å². The molecular weight excluding hydrogens is 267 g/mol. The van der Waals surface area contributed by atoms with Crippen molar-refractivity contribution < 1.29 is 22.2 Å². The average Bonchev–Trinajstić information content (AvgIpc) is 2.26. The van der Waals surface area contributed by atoms with E-state index < -0.39 is 14.2 Å². The molecule has 0 saturated heterocycles. The molecule has 1 unspecified atom stereocenters. The van der Waals surface area contributed by atoms with E-state index in [0.717, 1.165) is 0 Å². The Hall–Kier alpha value is -1.10. The molecule has 15 heavy (non-hydrogen) atoms. The van der Waals surface area contributed by atoms with Gasteiger partial charge in [0.15, 0.2) is 0 Å². The molecule has 0 aliphatic heterocycles. The van der Waals surface area contributed by atoms with E-state index in [4.69, 9.17) is 18.4 Å². The summed E-state index contributed by atoms with van der Waals surface area (Å²) in [6.45, 7) is 0. The summed E-state index contributed by atoms with van der Waals surface area (Å²) in [5, 5.41) is 0. The fraction of sp³-hybridized carbons (Fsp3) is 0.333. The number of benzene rings is 1. The molecule has 0 saturated carbocycles. The Morgan fingerprint density at radius 3 is 1.80 bits per heavy atom. The Morgan fingerprint density at radius 2 is 1.53 bits per heavy atom. The van der Waals surface area contributed by atoms with Gasteiger partial charge in [0.1, 0.15) is 0 Å². The molecule has 0 heterocycles. The van der Waals surface area contributed by atoms with Crippen LogP contribution in [-0.2, 0) is 3.83 Å². The monoisotopic (exact) mass is 280 g/mol. The fourth-order valence-electron chi connectivity index (χ4n) is 1.16. The first-order valence-electron chi connectivity index (χ1n) is 4.05. The van der Waals surface area contributed by atoms with Crippen molar-refractivity contribution in [2.45, 2.75) is 0 Å². The Labute approximate surface area is 92.0 Å². The van der Waals surface area contributed by atoms with Gasteiger partial charge in [-0.2, -0.15) is 0 Å². The van der Waals surface area contributed by atoms with Gasteiger partial charge in [-0.25, -0.2) is 0 Å². The SMILES string of the molecule is COc1cc([Se](=O)O)cc(OC)c1OC. The molecule has 0 radical (unpaired) electrons. The van der Waals surface area contributed by atoms with Gasteiger partial charge < -0.3 is 0 Å². The van der Waals surface area contributed by atoms with Gasteiger partial charge in [-0.05, 0) is 0 Å². The summed E-state index contributed by atoms with van der Waals surface area (Å²) < 4.78 is 35.5. The van der Waals surface area contributed by atoms with Gasteiger partial charge in [0.2, 0.25) is 0 Å². The fourth-order valence-corrected chi connectivity index (χ4v) is 2.03. The molecule has 0 aliphatic carbocycles. The molecule has 1 rings (SSSR count). The second-order valence-electron chi connectivity index (χ2n) is 2.61. The summed E-state index contributed by atoms with van der Waals surface area (Å²) in [5.41, 5.74) is 0. The molecule has 1 atom stereocenters. The average molecular weight is 279 g/mol. The number of hydrogen-bond acceptors (Lipinski definition) is 4. The van der Waals surface area contributed by atoms with Crippen molar-refractivity contribution in [2.24, 2.45) is 0 Å². The van der Waals surface area contributed by atoms with Crippen LogP contribution in [0.15, 0.2) is 12.1 Å². The van der Waals surface area contributed by atoms with Crippen LogP contribution >= 0.6 is 0 Å². The molecule has 6 heteroatoms. The summed E-state index contributed by atoms with van der Waals surface area (Å²) >= 11 is -2.98. The topological polar surface area (TPSA) is 65.0 Å². The molecule has 0 fully saturated rings. The van der Waals surface area contributed by atoms with Crippen LogP contribution in [0.5, 0.6) is 17.2 Å². The van der Waals surface area contributed by atoms with Crippen molar-refractivity contribution >= 4 is 18.6 Å². The van der Waals surface area contributed by atoms with E-state index in [-0.39, 0.29) is 0 Å². The molecule has 0 amide bonds. The summed E-state index contributed by atoms with van der Waals surface area (Å²) in [6.07, 6.45) is 0. The third kappa shape index (κ3) is 2.47. The van der Waals surface area contributed by atoms with Crippen LogP contribution in [0.1, 0.15) is 0 Å². The van der Waals surface area contributed by atoms with E-state index >= 15 is 0 Å². The van der Waals surface area contributed by atoms with Gasteiger partial charge in [-0.1, -0.05) is 0 Å². The quantitative estimate of drug-likeness (QED) is 0.775. The zero-order valence-electron chi connectivity index (χ0n) is 8.64. The van der Waals surface area contributed by atoms with Crippen LogP contribution in [0, 0.1) is 0 Å². The van der Waals surface area contributed by atoms with Crippen LogP contribution in [0.3, 0.4) is 0 Å². The zero-order valence-corrected chi connectivity index (χ0v) is 10.4. The van der Waals surface area contributed by atoms with E-state index in [0.29, 0.717) is 21.7 Å². The van der Waals surface area contributed by atoms with Gasteiger partial charge in [0.25, 0.3) is 0 Å². The van der Waals surface area contributed by atoms with Crippen LogP contribution in [-0.4, -0.2) is 39.7 Å². The van der Waals surface area contributed by atoms with Crippen molar-refractivity contribution in [3.8, 4) is 17.2 Å². The molecule has 1 aromatic carbocycles. The van der Waals surface area contributed by atoms with Crippen molar-refractivity contribution in [3.63, 3.8) is 0 Å². The Morgan fingerprint density at radius 1 is 1.07 bits per heavy atom. The van der Waals surface area contributed by atoms with Crippen molar-refractivity contribution in [2.75, 3.05) is 21.3 Å². The maximum absolute atomic E-state index is 11.0. The van der Waals surface area contributed by atoms with Gasteiger partial charge in [0.05, 0.1) is 0 Å². The van der Waals surface area contributed by atoms with Gasteiger partial charge in [0, 0.05) is 0 Å². The summed E-state index contributed by atoms with van der Waals surface area (Å²) in [6, 6.07) is 2.94. The van der Waals surface area contributed by atoms with E-state index in [1.807, 2.05) is 0 Å². The number of ether oxygens (including phenoxy) is 3. The molecule has 0 spiro atoms. The van der Waals surface area contributed by atoms with E-state index in [1.54, 1.807) is 0 Å². The standard InChI is InChI=1S/C9H12O5Se/c1-12-7-4-6(15(10)11)5-8(13-2)9(7)14-3/h4-5H,1-3H3,(H,10,11). The first kappa shape index (κ1) is 12.0. The van der Waals surface area contributed by atoms with Gasteiger partial charge in [-0.3, -0.25) is 0 Å². The maximum atomic E-state index is 11.0. The third-order valence-corrected chi connectivity index (χ3v) is 3.18. The van der Waals surface area contributed by atoms with Gasteiger partial charge >= 0.3 is 91.6 Å². The molecule has 0 aromatic heterocycles. The molecule has 0 bridgehead atoms. The van der Waals surface area contributed by atoms with Crippen molar-refractivity contribution in [1.29, 1.82) is 0 Å². The van der Waals surface area contributed by atoms with E-state index in [2.05, 4.69) is 0 Å². The number of hydrogen-bond donors (Lipinski definition) is 1. The van der Waals surface area contributed by atoms with Crippen molar-refractivity contribution in [3.05, 3.63) is 12.1 Å². The first-order chi connectivity index (χ1) is 7.13. The number of methoxy groups -OCH3 is 3. The second-order valence-corrected chi connectivity index (χ2v) is 4.64. The summed E-state index contributed by atoms with van der Waals surface area (Å²) in [7, 11) is 4.39. The molecule has 0 aliphatic rings. The van der Waals surface area contributed by atoms with Crippen molar-refractivity contribution in [1.82, 2.24) is 0 Å². The molecule has 1 aromatic rings. The van der Waals surface area contributed by atoms with Crippen LogP contribution in [0.4, 0.5) is 0 Å².